The number of aromatic nitrogens is 1. The van der Waals surface area contributed by atoms with Gasteiger partial charge in [-0.3, -0.25) is 0 Å². The highest BCUT2D eigenvalue weighted by atomic mass is 16.5. The molecule has 0 N–H and O–H groups in total. The lowest BCUT2D eigenvalue weighted by Crippen LogP contribution is -1.91. The molecule has 4 heteroatoms. The Morgan fingerprint density at radius 2 is 1.57 bits per heavy atom. The molecule has 3 aromatic carbocycles. The summed E-state index contributed by atoms with van der Waals surface area (Å²) in [5, 5.41) is 8.92. The first-order valence-electron chi connectivity index (χ1n) is 9.00. The maximum atomic E-state index is 8.92. The van der Waals surface area contributed by atoms with Crippen LogP contribution in [0, 0.1) is 18.3 Å². The Hall–Kier alpha value is -3.84. The molecule has 0 aliphatic rings. The average Bonchev–Trinajstić information content (AvgIpc) is 3.10. The lowest BCUT2D eigenvalue weighted by Gasteiger charge is -2.06. The minimum atomic E-state index is 0.570. The SMILES string of the molecule is Cc1oc(-c2ccc(C#N)cc2)nc1Cc1ccc(Oc2ccccc2)cc1. The summed E-state index contributed by atoms with van der Waals surface area (Å²) in [7, 11) is 0. The summed E-state index contributed by atoms with van der Waals surface area (Å²) < 4.78 is 11.7. The van der Waals surface area contributed by atoms with Crippen LogP contribution in [0.5, 0.6) is 11.5 Å². The molecule has 0 saturated carbocycles. The van der Waals surface area contributed by atoms with Gasteiger partial charge in [0.05, 0.1) is 17.3 Å². The lowest BCUT2D eigenvalue weighted by molar-refractivity contribution is 0.482. The smallest absolute Gasteiger partial charge is 0.226 e. The van der Waals surface area contributed by atoms with Gasteiger partial charge in [0.2, 0.25) is 5.89 Å². The summed E-state index contributed by atoms with van der Waals surface area (Å²) >= 11 is 0. The fraction of sp³-hybridized carbons (Fsp3) is 0.0833. The third kappa shape index (κ3) is 3.94. The van der Waals surface area contributed by atoms with Gasteiger partial charge in [0.15, 0.2) is 0 Å². The monoisotopic (exact) mass is 366 g/mol. The maximum absolute atomic E-state index is 8.92. The third-order valence-corrected chi connectivity index (χ3v) is 4.43. The number of hydrogen-bond donors (Lipinski definition) is 0. The minimum absolute atomic E-state index is 0.570. The van der Waals surface area contributed by atoms with Crippen LogP contribution in [0.2, 0.25) is 0 Å². The number of hydrogen-bond acceptors (Lipinski definition) is 4. The topological polar surface area (TPSA) is 59.0 Å². The number of aryl methyl sites for hydroxylation is 1. The fourth-order valence-electron chi connectivity index (χ4n) is 2.90. The summed E-state index contributed by atoms with van der Waals surface area (Å²) in [5.74, 6) is 2.98. The van der Waals surface area contributed by atoms with E-state index in [2.05, 4.69) is 11.1 Å². The molecule has 0 amide bonds. The molecule has 0 atom stereocenters. The van der Waals surface area contributed by atoms with E-state index in [0.717, 1.165) is 34.1 Å². The molecule has 0 saturated heterocycles. The van der Waals surface area contributed by atoms with E-state index < -0.39 is 0 Å². The summed E-state index contributed by atoms with van der Waals surface area (Å²) in [5.41, 5.74) is 3.50. The van der Waals surface area contributed by atoms with E-state index in [4.69, 9.17) is 14.4 Å². The number of para-hydroxylation sites is 1. The van der Waals surface area contributed by atoms with Crippen molar-refractivity contribution in [2.45, 2.75) is 13.3 Å². The van der Waals surface area contributed by atoms with Crippen molar-refractivity contribution in [1.82, 2.24) is 4.98 Å². The second kappa shape index (κ2) is 7.81. The van der Waals surface area contributed by atoms with Crippen LogP contribution in [-0.4, -0.2) is 4.98 Å². The van der Waals surface area contributed by atoms with Crippen LogP contribution in [0.4, 0.5) is 0 Å². The molecule has 28 heavy (non-hydrogen) atoms. The molecule has 0 unspecified atom stereocenters. The van der Waals surface area contributed by atoms with Crippen molar-refractivity contribution in [1.29, 1.82) is 5.26 Å². The lowest BCUT2D eigenvalue weighted by atomic mass is 10.1. The van der Waals surface area contributed by atoms with Gasteiger partial charge in [-0.15, -0.1) is 0 Å². The Balaban J connectivity index is 1.48. The van der Waals surface area contributed by atoms with Gasteiger partial charge in [-0.05, 0) is 61.0 Å². The van der Waals surface area contributed by atoms with Crippen molar-refractivity contribution in [2.75, 3.05) is 0 Å². The highest BCUT2D eigenvalue weighted by molar-refractivity contribution is 5.55. The summed E-state index contributed by atoms with van der Waals surface area (Å²) in [6.07, 6.45) is 0.678. The predicted octanol–water partition coefficient (Wildman–Crippen LogP) is 5.90. The van der Waals surface area contributed by atoms with E-state index in [9.17, 15) is 0 Å². The number of rotatable bonds is 5. The van der Waals surface area contributed by atoms with Crippen LogP contribution >= 0.6 is 0 Å². The van der Waals surface area contributed by atoms with Crippen LogP contribution < -0.4 is 4.74 Å². The number of benzene rings is 3. The number of oxazole rings is 1. The van der Waals surface area contributed by atoms with Crippen molar-refractivity contribution in [2.24, 2.45) is 0 Å². The number of ether oxygens (including phenoxy) is 1. The maximum Gasteiger partial charge on any atom is 0.226 e. The van der Waals surface area contributed by atoms with E-state index >= 15 is 0 Å². The molecule has 1 aromatic heterocycles. The van der Waals surface area contributed by atoms with Crippen LogP contribution in [0.3, 0.4) is 0 Å². The second-order valence-corrected chi connectivity index (χ2v) is 6.45. The first kappa shape index (κ1) is 17.6. The molecule has 0 spiro atoms. The van der Waals surface area contributed by atoms with Crippen molar-refractivity contribution in [3.63, 3.8) is 0 Å². The molecule has 4 aromatic rings. The first-order valence-corrected chi connectivity index (χ1v) is 9.00. The highest BCUT2D eigenvalue weighted by Gasteiger charge is 2.12. The standard InChI is InChI=1S/C24H18N2O2/c1-17-23(26-24(27-17)20-11-7-19(16-25)8-12-20)15-18-9-13-22(14-10-18)28-21-5-3-2-4-6-21/h2-14H,15H2,1H3. The van der Waals surface area contributed by atoms with Gasteiger partial charge in [-0.25, -0.2) is 4.98 Å². The van der Waals surface area contributed by atoms with Crippen LogP contribution in [0.1, 0.15) is 22.6 Å². The highest BCUT2D eigenvalue weighted by Crippen LogP contribution is 2.25. The Morgan fingerprint density at radius 1 is 0.893 bits per heavy atom. The Morgan fingerprint density at radius 3 is 2.25 bits per heavy atom. The molecule has 136 valence electrons. The van der Waals surface area contributed by atoms with Gasteiger partial charge in [0.1, 0.15) is 17.3 Å². The van der Waals surface area contributed by atoms with E-state index in [0.29, 0.717) is 17.9 Å². The third-order valence-electron chi connectivity index (χ3n) is 4.43. The molecular weight excluding hydrogens is 348 g/mol. The van der Waals surface area contributed by atoms with Crippen molar-refractivity contribution in [3.05, 3.63) is 101 Å². The van der Waals surface area contributed by atoms with Gasteiger partial charge in [-0.2, -0.15) is 5.26 Å². The van der Waals surface area contributed by atoms with Crippen molar-refractivity contribution in [3.8, 4) is 29.0 Å². The van der Waals surface area contributed by atoms with Crippen LogP contribution in [0.15, 0.2) is 83.3 Å². The number of nitrogens with zero attached hydrogens (tertiary/aromatic N) is 2. The quantitative estimate of drug-likeness (QED) is 0.441. The summed E-state index contributed by atoms with van der Waals surface area (Å²) in [4.78, 5) is 4.64. The molecule has 0 aliphatic heterocycles. The van der Waals surface area contributed by atoms with E-state index in [1.54, 1.807) is 12.1 Å². The molecule has 4 nitrogen and oxygen atoms in total. The molecule has 0 aliphatic carbocycles. The van der Waals surface area contributed by atoms with Gasteiger partial charge < -0.3 is 9.15 Å². The zero-order valence-corrected chi connectivity index (χ0v) is 15.4. The van der Waals surface area contributed by atoms with Gasteiger partial charge in [0.25, 0.3) is 0 Å². The van der Waals surface area contributed by atoms with Crippen LogP contribution in [0.25, 0.3) is 11.5 Å². The van der Waals surface area contributed by atoms with Crippen molar-refractivity contribution >= 4 is 0 Å². The zero-order valence-electron chi connectivity index (χ0n) is 15.4. The van der Waals surface area contributed by atoms with Crippen molar-refractivity contribution < 1.29 is 9.15 Å². The number of nitriles is 1. The zero-order chi connectivity index (χ0) is 19.3. The Kier molecular flexibility index (Phi) is 4.90. The van der Waals surface area contributed by atoms with Gasteiger partial charge in [-0.1, -0.05) is 30.3 Å². The molecule has 4 rings (SSSR count). The van der Waals surface area contributed by atoms with Gasteiger partial charge >= 0.3 is 0 Å². The fourth-order valence-corrected chi connectivity index (χ4v) is 2.90. The van der Waals surface area contributed by atoms with Crippen LogP contribution in [-0.2, 0) is 6.42 Å². The first-order chi connectivity index (χ1) is 13.7. The molecule has 0 bridgehead atoms. The van der Waals surface area contributed by atoms with E-state index in [1.807, 2.05) is 73.7 Å². The predicted molar refractivity (Wildman–Crippen MR) is 107 cm³/mol. The largest absolute Gasteiger partial charge is 0.457 e. The second-order valence-electron chi connectivity index (χ2n) is 6.45. The normalized spacial score (nSPS) is 10.4. The van der Waals surface area contributed by atoms with Gasteiger partial charge in [0, 0.05) is 12.0 Å². The Bertz CT molecular complexity index is 1110. The summed E-state index contributed by atoms with van der Waals surface area (Å²) in [6.45, 7) is 1.92. The Labute approximate surface area is 163 Å². The summed E-state index contributed by atoms with van der Waals surface area (Å²) in [6, 6.07) is 27.0. The van der Waals surface area contributed by atoms with E-state index in [-0.39, 0.29) is 0 Å². The molecule has 0 radical (unpaired) electrons. The molecular formula is C24H18N2O2. The average molecular weight is 366 g/mol. The molecule has 1 heterocycles. The minimum Gasteiger partial charge on any atom is -0.457 e. The molecule has 0 fully saturated rings. The van der Waals surface area contributed by atoms with E-state index in [1.165, 1.54) is 0 Å².